The van der Waals surface area contributed by atoms with E-state index in [2.05, 4.69) is 15.5 Å². The molecular formula is C6H11NaO6S. The van der Waals surface area contributed by atoms with E-state index in [0.29, 0.717) is 0 Å². The number of esters is 1. The van der Waals surface area contributed by atoms with E-state index in [9.17, 15) is 13.2 Å². The van der Waals surface area contributed by atoms with Crippen molar-refractivity contribution in [1.29, 1.82) is 0 Å². The number of rotatable bonds is 5. The van der Waals surface area contributed by atoms with Crippen molar-refractivity contribution in [2.45, 2.75) is 6.92 Å². The van der Waals surface area contributed by atoms with Crippen LogP contribution >= 0.6 is 0 Å². The predicted molar refractivity (Wildman–Crippen MR) is 50.4 cm³/mol. The Morgan fingerprint density at radius 2 is 1.93 bits per heavy atom. The molecule has 0 spiro atoms. The van der Waals surface area contributed by atoms with Gasteiger partial charge in [0.15, 0.2) is 0 Å². The molecule has 0 fully saturated rings. The van der Waals surface area contributed by atoms with Crippen LogP contribution in [0.3, 0.4) is 0 Å². The van der Waals surface area contributed by atoms with E-state index in [1.54, 1.807) is 0 Å². The minimum absolute atomic E-state index is 0. The molecule has 0 unspecified atom stereocenters. The minimum atomic E-state index is -4.46. The molecule has 0 aromatic rings. The van der Waals surface area contributed by atoms with Crippen molar-refractivity contribution < 1.29 is 26.7 Å². The first-order chi connectivity index (χ1) is 5.83. The standard InChI is InChI=1S/C6H10O6S.Na.H/c1-5(2)6(7)11-3-4-12-13(8,9)10;;/h1,3-4H2,2H3,(H,8,9,10);;. The molecule has 0 atom stereocenters. The predicted octanol–water partition coefficient (Wildman–Crippen LogP) is -0.723. The summed E-state index contributed by atoms with van der Waals surface area (Å²) in [6, 6.07) is 0. The molecule has 0 heterocycles. The quantitative estimate of drug-likeness (QED) is 0.222. The third-order valence-corrected chi connectivity index (χ3v) is 1.36. The Kier molecular flexibility index (Phi) is 8.70. The van der Waals surface area contributed by atoms with Gasteiger partial charge in [-0.05, 0) is 6.92 Å². The third kappa shape index (κ3) is 10.2. The Bertz CT molecular complexity index is 295. The summed E-state index contributed by atoms with van der Waals surface area (Å²) in [5, 5.41) is 0. The second-order valence-electron chi connectivity index (χ2n) is 2.17. The van der Waals surface area contributed by atoms with Gasteiger partial charge in [-0.1, -0.05) is 6.58 Å². The van der Waals surface area contributed by atoms with Gasteiger partial charge in [0.25, 0.3) is 0 Å². The summed E-state index contributed by atoms with van der Waals surface area (Å²) >= 11 is 0. The average Bonchev–Trinajstić information content (AvgIpc) is 1.95. The summed E-state index contributed by atoms with van der Waals surface area (Å²) in [4.78, 5) is 10.7. The van der Waals surface area contributed by atoms with Gasteiger partial charge in [-0.3, -0.25) is 4.55 Å². The second kappa shape index (κ2) is 7.38. The van der Waals surface area contributed by atoms with E-state index in [4.69, 9.17) is 4.55 Å². The molecule has 14 heavy (non-hydrogen) atoms. The fraction of sp³-hybridized carbons (Fsp3) is 0.500. The molecule has 0 aliphatic heterocycles. The molecule has 78 valence electrons. The fourth-order valence-electron chi connectivity index (χ4n) is 0.397. The molecule has 0 saturated heterocycles. The topological polar surface area (TPSA) is 89.9 Å². The van der Waals surface area contributed by atoms with Gasteiger partial charge in [-0.25, -0.2) is 8.98 Å². The molecule has 0 aliphatic carbocycles. The first-order valence-corrected chi connectivity index (χ1v) is 4.64. The molecule has 0 saturated carbocycles. The van der Waals surface area contributed by atoms with E-state index in [1.165, 1.54) is 6.92 Å². The first-order valence-electron chi connectivity index (χ1n) is 3.27. The van der Waals surface area contributed by atoms with Crippen molar-refractivity contribution in [2.24, 2.45) is 0 Å². The van der Waals surface area contributed by atoms with Gasteiger partial charge in [-0.15, -0.1) is 0 Å². The number of ether oxygens (including phenoxy) is 1. The average molecular weight is 234 g/mol. The van der Waals surface area contributed by atoms with E-state index in [-0.39, 0.29) is 41.7 Å². The third-order valence-electron chi connectivity index (χ3n) is 0.897. The SMILES string of the molecule is C=C(C)C(=O)OCCOS(=O)(=O)O.[NaH]. The summed E-state index contributed by atoms with van der Waals surface area (Å²) in [7, 11) is -4.46. The first kappa shape index (κ1) is 16.5. The van der Waals surface area contributed by atoms with E-state index < -0.39 is 23.0 Å². The molecule has 0 rings (SSSR count). The van der Waals surface area contributed by atoms with E-state index >= 15 is 0 Å². The van der Waals surface area contributed by atoms with Gasteiger partial charge in [-0.2, -0.15) is 8.42 Å². The van der Waals surface area contributed by atoms with Crippen molar-refractivity contribution in [1.82, 2.24) is 0 Å². The van der Waals surface area contributed by atoms with Gasteiger partial charge in [0.1, 0.15) is 13.2 Å². The molecule has 0 amide bonds. The zero-order chi connectivity index (χ0) is 10.5. The molecule has 6 nitrogen and oxygen atoms in total. The molecule has 0 aromatic heterocycles. The van der Waals surface area contributed by atoms with Gasteiger partial charge in [0.2, 0.25) is 0 Å². The Labute approximate surface area is 105 Å². The maximum atomic E-state index is 10.7. The molecule has 0 aromatic carbocycles. The normalized spacial score (nSPS) is 10.1. The van der Waals surface area contributed by atoms with Crippen LogP contribution in [-0.4, -0.2) is 61.7 Å². The number of hydrogen-bond acceptors (Lipinski definition) is 5. The van der Waals surface area contributed by atoms with Crippen LogP contribution in [0.1, 0.15) is 6.92 Å². The van der Waals surface area contributed by atoms with Crippen LogP contribution in [0.25, 0.3) is 0 Å². The summed E-state index contributed by atoms with van der Waals surface area (Å²) in [6.45, 7) is 4.07. The van der Waals surface area contributed by atoms with Crippen LogP contribution in [0, 0.1) is 0 Å². The summed E-state index contributed by atoms with van der Waals surface area (Å²) < 4.78 is 36.4. The van der Waals surface area contributed by atoms with Crippen molar-refractivity contribution >= 4 is 45.9 Å². The Morgan fingerprint density at radius 1 is 1.43 bits per heavy atom. The molecule has 8 heteroatoms. The fourth-order valence-corrected chi connectivity index (χ4v) is 0.676. The van der Waals surface area contributed by atoms with E-state index in [1.807, 2.05) is 0 Å². The summed E-state index contributed by atoms with van der Waals surface area (Å²) in [6.07, 6.45) is 0. The van der Waals surface area contributed by atoms with Crippen molar-refractivity contribution in [3.63, 3.8) is 0 Å². The van der Waals surface area contributed by atoms with Gasteiger partial charge >= 0.3 is 45.9 Å². The van der Waals surface area contributed by atoms with Crippen LogP contribution in [0.15, 0.2) is 12.2 Å². The Hall–Kier alpha value is 0.0800. The second-order valence-corrected chi connectivity index (χ2v) is 3.26. The summed E-state index contributed by atoms with van der Waals surface area (Å²) in [5.41, 5.74) is 0.201. The Morgan fingerprint density at radius 3 is 2.29 bits per heavy atom. The molecule has 0 aliphatic rings. The molecule has 0 radical (unpaired) electrons. The van der Waals surface area contributed by atoms with Crippen molar-refractivity contribution in [2.75, 3.05) is 13.2 Å². The van der Waals surface area contributed by atoms with Crippen LogP contribution in [0.2, 0.25) is 0 Å². The van der Waals surface area contributed by atoms with Crippen LogP contribution < -0.4 is 0 Å². The van der Waals surface area contributed by atoms with Crippen LogP contribution in [0.5, 0.6) is 0 Å². The zero-order valence-electron chi connectivity index (χ0n) is 7.02. The van der Waals surface area contributed by atoms with E-state index in [0.717, 1.165) is 0 Å². The summed E-state index contributed by atoms with van der Waals surface area (Å²) in [5.74, 6) is -0.640. The monoisotopic (exact) mass is 234 g/mol. The zero-order valence-corrected chi connectivity index (χ0v) is 7.83. The van der Waals surface area contributed by atoms with Crippen LogP contribution in [0.4, 0.5) is 0 Å². The number of carbonyl (C=O) groups excluding carboxylic acids is 1. The van der Waals surface area contributed by atoms with Crippen molar-refractivity contribution in [3.8, 4) is 0 Å². The number of hydrogen-bond donors (Lipinski definition) is 1. The molecule has 1 N–H and O–H groups in total. The molecular weight excluding hydrogens is 223 g/mol. The van der Waals surface area contributed by atoms with Gasteiger partial charge in [0.05, 0.1) is 0 Å². The number of carbonyl (C=O) groups is 1. The van der Waals surface area contributed by atoms with Crippen LogP contribution in [-0.2, 0) is 24.1 Å². The molecule has 0 bridgehead atoms. The maximum absolute atomic E-state index is 10.7. The van der Waals surface area contributed by atoms with Crippen molar-refractivity contribution in [3.05, 3.63) is 12.2 Å². The van der Waals surface area contributed by atoms with Gasteiger partial charge < -0.3 is 4.74 Å². The van der Waals surface area contributed by atoms with Gasteiger partial charge in [0, 0.05) is 5.57 Å². The Balaban J connectivity index is 0.